The number of allylic oxidation sites excluding steroid dienone is 1. The lowest BCUT2D eigenvalue weighted by atomic mass is 10.1. The molecule has 6 heteroatoms. The van der Waals surface area contributed by atoms with Crippen molar-refractivity contribution in [1.82, 2.24) is 19.7 Å². The summed E-state index contributed by atoms with van der Waals surface area (Å²) in [6.45, 7) is 9.31. The summed E-state index contributed by atoms with van der Waals surface area (Å²) in [6.07, 6.45) is 6.79. The van der Waals surface area contributed by atoms with Gasteiger partial charge < -0.3 is 9.30 Å². The number of ether oxygens (including phenoxy) is 1. The lowest BCUT2D eigenvalue weighted by molar-refractivity contribution is 0.129. The van der Waals surface area contributed by atoms with E-state index in [2.05, 4.69) is 70.6 Å². The first kappa shape index (κ1) is 20.8. The molecule has 0 amide bonds. The van der Waals surface area contributed by atoms with Gasteiger partial charge in [0.15, 0.2) is 5.16 Å². The summed E-state index contributed by atoms with van der Waals surface area (Å²) in [5.41, 5.74) is 2.55. The highest BCUT2D eigenvalue weighted by Gasteiger charge is 2.19. The Morgan fingerprint density at radius 1 is 1.36 bits per heavy atom. The van der Waals surface area contributed by atoms with Crippen molar-refractivity contribution in [3.63, 3.8) is 0 Å². The fourth-order valence-corrected chi connectivity index (χ4v) is 4.43. The van der Waals surface area contributed by atoms with Crippen molar-refractivity contribution in [3.05, 3.63) is 59.9 Å². The quantitative estimate of drug-likeness (QED) is 0.442. The average molecular weight is 399 g/mol. The van der Waals surface area contributed by atoms with Gasteiger partial charge in [-0.25, -0.2) is 0 Å². The number of aromatic nitrogens is 3. The van der Waals surface area contributed by atoms with Gasteiger partial charge in [0.2, 0.25) is 0 Å². The first-order valence-corrected chi connectivity index (χ1v) is 10.8. The zero-order valence-corrected chi connectivity index (χ0v) is 17.7. The molecular weight excluding hydrogens is 368 g/mol. The third-order valence-corrected chi connectivity index (χ3v) is 5.77. The molecule has 0 radical (unpaired) electrons. The van der Waals surface area contributed by atoms with Gasteiger partial charge in [-0.1, -0.05) is 59.8 Å². The van der Waals surface area contributed by atoms with Crippen LogP contribution in [0.5, 0.6) is 0 Å². The van der Waals surface area contributed by atoms with Crippen LogP contribution in [0.3, 0.4) is 0 Å². The maximum absolute atomic E-state index is 5.73. The van der Waals surface area contributed by atoms with Gasteiger partial charge in [0.25, 0.3) is 0 Å². The van der Waals surface area contributed by atoms with Crippen LogP contribution in [-0.2, 0) is 17.8 Å². The third kappa shape index (κ3) is 6.06. The topological polar surface area (TPSA) is 43.2 Å². The Labute approximate surface area is 172 Å². The van der Waals surface area contributed by atoms with E-state index >= 15 is 0 Å². The van der Waals surface area contributed by atoms with Crippen molar-refractivity contribution in [3.8, 4) is 0 Å². The molecule has 0 N–H and O–H groups in total. The highest BCUT2D eigenvalue weighted by atomic mass is 32.2. The van der Waals surface area contributed by atoms with Crippen molar-refractivity contribution in [1.29, 1.82) is 0 Å². The van der Waals surface area contributed by atoms with Gasteiger partial charge in [-0.05, 0) is 32.4 Å². The smallest absolute Gasteiger partial charge is 0.191 e. The maximum atomic E-state index is 5.73. The summed E-state index contributed by atoms with van der Waals surface area (Å²) in [7, 11) is 2.12. The van der Waals surface area contributed by atoms with Crippen LogP contribution in [0.4, 0.5) is 0 Å². The molecule has 28 heavy (non-hydrogen) atoms. The predicted octanol–water partition coefficient (Wildman–Crippen LogP) is 4.27. The molecule has 1 aliphatic heterocycles. The number of likely N-dealkylation sites (N-methyl/N-ethyl adjacent to an activating group) is 1. The van der Waals surface area contributed by atoms with E-state index in [1.54, 1.807) is 11.8 Å². The molecule has 1 fully saturated rings. The molecule has 1 aromatic heterocycles. The molecule has 0 aliphatic carbocycles. The zero-order valence-electron chi connectivity index (χ0n) is 16.9. The number of rotatable bonds is 10. The Hall–Kier alpha value is -1.89. The van der Waals surface area contributed by atoms with Crippen LogP contribution in [0.2, 0.25) is 0 Å². The van der Waals surface area contributed by atoms with E-state index < -0.39 is 0 Å². The number of thioether (sulfide) groups is 1. The van der Waals surface area contributed by atoms with Crippen molar-refractivity contribution in [2.75, 3.05) is 26.0 Å². The van der Waals surface area contributed by atoms with Gasteiger partial charge in [-0.3, -0.25) is 4.90 Å². The summed E-state index contributed by atoms with van der Waals surface area (Å²) in [5.74, 6) is 1.91. The second kappa shape index (κ2) is 10.6. The summed E-state index contributed by atoms with van der Waals surface area (Å²) < 4.78 is 7.89. The van der Waals surface area contributed by atoms with Crippen LogP contribution in [0.1, 0.15) is 31.2 Å². The summed E-state index contributed by atoms with van der Waals surface area (Å²) in [4.78, 5) is 2.27. The Kier molecular flexibility index (Phi) is 7.89. The Balaban J connectivity index is 1.60. The van der Waals surface area contributed by atoms with Crippen LogP contribution in [0, 0.1) is 0 Å². The molecule has 0 saturated carbocycles. The van der Waals surface area contributed by atoms with Gasteiger partial charge in [0.1, 0.15) is 5.82 Å². The summed E-state index contributed by atoms with van der Waals surface area (Å²) in [5, 5.41) is 9.83. The number of hydrogen-bond donors (Lipinski definition) is 0. The largest absolute Gasteiger partial charge is 0.377 e. The molecule has 150 valence electrons. The molecule has 0 spiro atoms. The SMILES string of the molecule is C=CCn1c(CN(C)C/C(C)=C/c2ccccc2)nnc1SC[C@H]1CCCO1. The highest BCUT2D eigenvalue weighted by molar-refractivity contribution is 7.99. The van der Waals surface area contributed by atoms with Gasteiger partial charge in [-0.2, -0.15) is 0 Å². The van der Waals surface area contributed by atoms with Crippen LogP contribution < -0.4 is 0 Å². The molecule has 1 aliphatic rings. The number of nitrogens with zero attached hydrogens (tertiary/aromatic N) is 4. The van der Waals surface area contributed by atoms with E-state index in [1.807, 2.05) is 12.1 Å². The molecule has 1 aromatic carbocycles. The molecular formula is C22H30N4OS. The predicted molar refractivity (Wildman–Crippen MR) is 116 cm³/mol. The first-order chi connectivity index (χ1) is 13.7. The Morgan fingerprint density at radius 3 is 2.89 bits per heavy atom. The average Bonchev–Trinajstić information content (AvgIpc) is 3.32. The van der Waals surface area contributed by atoms with E-state index in [4.69, 9.17) is 4.74 Å². The van der Waals surface area contributed by atoms with Gasteiger partial charge in [-0.15, -0.1) is 16.8 Å². The number of benzene rings is 1. The van der Waals surface area contributed by atoms with Crippen LogP contribution in [0.25, 0.3) is 6.08 Å². The lowest BCUT2D eigenvalue weighted by Crippen LogP contribution is -2.22. The molecule has 1 atom stereocenters. The maximum Gasteiger partial charge on any atom is 0.191 e. The van der Waals surface area contributed by atoms with Crippen LogP contribution >= 0.6 is 11.8 Å². The van der Waals surface area contributed by atoms with Gasteiger partial charge in [0.05, 0.1) is 12.6 Å². The van der Waals surface area contributed by atoms with E-state index in [-0.39, 0.29) is 0 Å². The standard InChI is InChI=1S/C22H30N4OS/c1-4-12-26-21(23-24-22(26)28-17-20-11-8-13-27-20)16-25(3)15-18(2)14-19-9-6-5-7-10-19/h4-7,9-10,14,20H,1,8,11-13,15-17H2,2-3H3/b18-14+/t20-/m1/s1. The minimum absolute atomic E-state index is 0.343. The van der Waals surface area contributed by atoms with Crippen molar-refractivity contribution in [2.45, 2.75) is 44.1 Å². The van der Waals surface area contributed by atoms with E-state index in [1.165, 1.54) is 11.1 Å². The minimum Gasteiger partial charge on any atom is -0.377 e. The Morgan fingerprint density at radius 2 is 2.18 bits per heavy atom. The second-order valence-corrected chi connectivity index (χ2v) is 8.30. The Bertz CT molecular complexity index is 781. The summed E-state index contributed by atoms with van der Waals surface area (Å²) >= 11 is 1.73. The molecule has 0 unspecified atom stereocenters. The number of hydrogen-bond acceptors (Lipinski definition) is 5. The molecule has 0 bridgehead atoms. The van der Waals surface area contributed by atoms with Crippen molar-refractivity contribution < 1.29 is 4.74 Å². The van der Waals surface area contributed by atoms with Crippen molar-refractivity contribution >= 4 is 17.8 Å². The second-order valence-electron chi connectivity index (χ2n) is 7.32. The molecule has 3 rings (SSSR count). The fourth-order valence-electron chi connectivity index (χ4n) is 3.40. The molecule has 2 aromatic rings. The summed E-state index contributed by atoms with van der Waals surface area (Å²) in [6, 6.07) is 10.4. The lowest BCUT2D eigenvalue weighted by Gasteiger charge is -2.17. The van der Waals surface area contributed by atoms with Gasteiger partial charge >= 0.3 is 0 Å². The third-order valence-electron chi connectivity index (χ3n) is 4.67. The van der Waals surface area contributed by atoms with Crippen LogP contribution in [0.15, 0.2) is 53.7 Å². The zero-order chi connectivity index (χ0) is 19.8. The highest BCUT2D eigenvalue weighted by Crippen LogP contribution is 2.23. The minimum atomic E-state index is 0.343. The monoisotopic (exact) mass is 398 g/mol. The van der Waals surface area contributed by atoms with E-state index in [0.717, 1.165) is 55.8 Å². The van der Waals surface area contributed by atoms with E-state index in [0.29, 0.717) is 6.10 Å². The normalized spacial score (nSPS) is 17.4. The first-order valence-electron chi connectivity index (χ1n) is 9.84. The van der Waals surface area contributed by atoms with E-state index in [9.17, 15) is 0 Å². The fraction of sp³-hybridized carbons (Fsp3) is 0.455. The molecule has 5 nitrogen and oxygen atoms in total. The molecule has 2 heterocycles. The van der Waals surface area contributed by atoms with Crippen molar-refractivity contribution in [2.24, 2.45) is 0 Å². The molecule has 1 saturated heterocycles. The van der Waals surface area contributed by atoms with Crippen LogP contribution in [-0.4, -0.2) is 51.7 Å². The van der Waals surface area contributed by atoms with Gasteiger partial charge in [0, 0.05) is 25.4 Å².